The number of nitrogens with one attached hydrogen (secondary N) is 1. The van der Waals surface area contributed by atoms with Gasteiger partial charge >= 0.3 is 0 Å². The first-order valence-corrected chi connectivity index (χ1v) is 10.1. The number of aryl methyl sites for hydroxylation is 3. The third-order valence-electron chi connectivity index (χ3n) is 4.75. The van der Waals surface area contributed by atoms with E-state index in [1.165, 1.54) is 16.9 Å². The molecule has 4 rings (SSSR count). The molecule has 0 aromatic carbocycles. The maximum absolute atomic E-state index is 13.2. The van der Waals surface area contributed by atoms with E-state index in [0.717, 1.165) is 51.2 Å². The van der Waals surface area contributed by atoms with Crippen LogP contribution < -0.4 is 0 Å². The van der Waals surface area contributed by atoms with Crippen LogP contribution in [-0.2, 0) is 0 Å². The fourth-order valence-corrected chi connectivity index (χ4v) is 5.41. The van der Waals surface area contributed by atoms with Gasteiger partial charge in [-0.3, -0.25) is 9.89 Å². The highest BCUT2D eigenvalue weighted by Gasteiger charge is 2.35. The molecule has 1 atom stereocenters. The first kappa shape index (κ1) is 16.5. The minimum atomic E-state index is 0.0975. The highest BCUT2D eigenvalue weighted by atomic mass is 32.1. The molecule has 7 heteroatoms. The van der Waals surface area contributed by atoms with Gasteiger partial charge in [0.2, 0.25) is 0 Å². The topological polar surface area (TPSA) is 61.9 Å². The van der Waals surface area contributed by atoms with E-state index in [2.05, 4.69) is 15.2 Å². The molecule has 25 heavy (non-hydrogen) atoms. The monoisotopic (exact) mass is 372 g/mol. The van der Waals surface area contributed by atoms with Gasteiger partial charge in [-0.2, -0.15) is 5.10 Å². The van der Waals surface area contributed by atoms with Crippen molar-refractivity contribution in [2.45, 2.75) is 39.7 Å². The molecule has 130 valence electrons. The molecule has 3 aromatic heterocycles. The Hall–Kier alpha value is -1.99. The molecule has 1 aliphatic rings. The van der Waals surface area contributed by atoms with Gasteiger partial charge in [0.1, 0.15) is 9.88 Å². The molecule has 1 amide bonds. The van der Waals surface area contributed by atoms with Gasteiger partial charge in [-0.25, -0.2) is 4.98 Å². The van der Waals surface area contributed by atoms with Crippen molar-refractivity contribution < 1.29 is 4.79 Å². The standard InChI is InChI=1S/C18H20N4OS2/c1-10-15(11(2)21-20-10)13-6-4-8-22(13)18(23)16-12(3)19-17(25-16)14-7-5-9-24-14/h5,7,9,13H,4,6,8H2,1-3H3,(H,20,21). The summed E-state index contributed by atoms with van der Waals surface area (Å²) in [7, 11) is 0. The third kappa shape index (κ3) is 2.81. The first-order chi connectivity index (χ1) is 12.1. The van der Waals surface area contributed by atoms with Crippen LogP contribution in [0.1, 0.15) is 51.2 Å². The summed E-state index contributed by atoms with van der Waals surface area (Å²) in [6, 6.07) is 4.17. The zero-order valence-electron chi connectivity index (χ0n) is 14.5. The average Bonchev–Trinajstić information content (AvgIpc) is 3.34. The van der Waals surface area contributed by atoms with Crippen LogP contribution in [0.2, 0.25) is 0 Å². The van der Waals surface area contributed by atoms with Gasteiger partial charge in [0, 0.05) is 17.8 Å². The molecule has 1 N–H and O–H groups in total. The molecule has 0 spiro atoms. The average molecular weight is 373 g/mol. The normalized spacial score (nSPS) is 17.4. The zero-order valence-corrected chi connectivity index (χ0v) is 16.1. The van der Waals surface area contributed by atoms with E-state index in [0.29, 0.717) is 0 Å². The lowest BCUT2D eigenvalue weighted by atomic mass is 10.0. The molecule has 1 saturated heterocycles. The maximum atomic E-state index is 13.2. The quantitative estimate of drug-likeness (QED) is 0.736. The van der Waals surface area contributed by atoms with Crippen molar-refractivity contribution in [1.82, 2.24) is 20.1 Å². The minimum absolute atomic E-state index is 0.0975. The van der Waals surface area contributed by atoms with Crippen molar-refractivity contribution in [1.29, 1.82) is 0 Å². The summed E-state index contributed by atoms with van der Waals surface area (Å²) in [4.78, 5) is 21.8. The van der Waals surface area contributed by atoms with Gasteiger partial charge < -0.3 is 4.90 Å². The van der Waals surface area contributed by atoms with Crippen LogP contribution in [0, 0.1) is 20.8 Å². The highest BCUT2D eigenvalue weighted by Crippen LogP contribution is 2.38. The molecule has 4 heterocycles. The second-order valence-electron chi connectivity index (χ2n) is 6.42. The number of thiophene rings is 1. The SMILES string of the molecule is Cc1nc(-c2cccs2)sc1C(=O)N1CCCC1c1c(C)n[nH]c1C. The summed E-state index contributed by atoms with van der Waals surface area (Å²) in [5.41, 5.74) is 4.04. The number of aromatic nitrogens is 3. The van der Waals surface area contributed by atoms with E-state index in [1.807, 2.05) is 43.2 Å². The Kier molecular flexibility index (Phi) is 4.21. The largest absolute Gasteiger partial charge is 0.331 e. The Balaban J connectivity index is 1.67. The van der Waals surface area contributed by atoms with Gasteiger partial charge in [0.05, 0.1) is 22.3 Å². The van der Waals surface area contributed by atoms with Gasteiger partial charge in [-0.15, -0.1) is 22.7 Å². The van der Waals surface area contributed by atoms with Crippen molar-refractivity contribution in [3.8, 4) is 9.88 Å². The number of thiazole rings is 1. The van der Waals surface area contributed by atoms with Crippen LogP contribution in [0.25, 0.3) is 9.88 Å². The molecule has 1 unspecified atom stereocenters. The Morgan fingerprint density at radius 3 is 2.84 bits per heavy atom. The van der Waals surface area contributed by atoms with Crippen LogP contribution >= 0.6 is 22.7 Å². The Labute approximate surface area is 154 Å². The maximum Gasteiger partial charge on any atom is 0.266 e. The highest BCUT2D eigenvalue weighted by molar-refractivity contribution is 7.22. The van der Waals surface area contributed by atoms with E-state index < -0.39 is 0 Å². The summed E-state index contributed by atoms with van der Waals surface area (Å²) < 4.78 is 0. The van der Waals surface area contributed by atoms with Crippen molar-refractivity contribution in [3.05, 3.63) is 45.0 Å². The summed E-state index contributed by atoms with van der Waals surface area (Å²) >= 11 is 3.16. The molecule has 3 aromatic rings. The van der Waals surface area contributed by atoms with Crippen molar-refractivity contribution >= 4 is 28.6 Å². The molecular formula is C18H20N4OS2. The Bertz CT molecular complexity index is 890. The minimum Gasteiger partial charge on any atom is -0.331 e. The van der Waals surface area contributed by atoms with E-state index in [4.69, 9.17) is 0 Å². The number of hydrogen-bond acceptors (Lipinski definition) is 5. The van der Waals surface area contributed by atoms with Crippen LogP contribution in [0.3, 0.4) is 0 Å². The predicted molar refractivity (Wildman–Crippen MR) is 101 cm³/mol. The van der Waals surface area contributed by atoms with E-state index in [1.54, 1.807) is 11.3 Å². The van der Waals surface area contributed by atoms with Crippen LogP contribution in [0.5, 0.6) is 0 Å². The molecule has 1 fully saturated rings. The number of amides is 1. The van der Waals surface area contributed by atoms with Crippen molar-refractivity contribution in [2.24, 2.45) is 0 Å². The summed E-state index contributed by atoms with van der Waals surface area (Å²) in [5.74, 6) is 0.0975. The number of aromatic amines is 1. The molecular weight excluding hydrogens is 352 g/mol. The Morgan fingerprint density at radius 1 is 1.32 bits per heavy atom. The van der Waals surface area contributed by atoms with Gasteiger partial charge in [0.15, 0.2) is 0 Å². The number of carbonyl (C=O) groups is 1. The second-order valence-corrected chi connectivity index (χ2v) is 8.36. The van der Waals surface area contributed by atoms with Crippen molar-refractivity contribution in [2.75, 3.05) is 6.54 Å². The fraction of sp³-hybridized carbons (Fsp3) is 0.389. The third-order valence-corrected chi connectivity index (χ3v) is 6.94. The fourth-order valence-electron chi connectivity index (χ4n) is 3.59. The summed E-state index contributed by atoms with van der Waals surface area (Å²) in [5, 5.41) is 10.3. The lowest BCUT2D eigenvalue weighted by Crippen LogP contribution is -2.31. The number of H-pyrrole nitrogens is 1. The van der Waals surface area contributed by atoms with Crippen LogP contribution in [-0.4, -0.2) is 32.5 Å². The molecule has 0 radical (unpaired) electrons. The lowest BCUT2D eigenvalue weighted by molar-refractivity contribution is 0.0739. The van der Waals surface area contributed by atoms with E-state index in [-0.39, 0.29) is 11.9 Å². The molecule has 1 aliphatic heterocycles. The molecule has 0 aliphatic carbocycles. The lowest BCUT2D eigenvalue weighted by Gasteiger charge is -2.25. The second kappa shape index (κ2) is 6.38. The molecule has 0 saturated carbocycles. The first-order valence-electron chi connectivity index (χ1n) is 8.40. The number of nitrogens with zero attached hydrogens (tertiary/aromatic N) is 3. The Morgan fingerprint density at radius 2 is 2.16 bits per heavy atom. The van der Waals surface area contributed by atoms with E-state index >= 15 is 0 Å². The van der Waals surface area contributed by atoms with Crippen LogP contribution in [0.15, 0.2) is 17.5 Å². The van der Waals surface area contributed by atoms with Gasteiger partial charge in [-0.05, 0) is 45.1 Å². The van der Waals surface area contributed by atoms with Crippen molar-refractivity contribution in [3.63, 3.8) is 0 Å². The van der Waals surface area contributed by atoms with Crippen LogP contribution in [0.4, 0.5) is 0 Å². The summed E-state index contributed by atoms with van der Waals surface area (Å²) in [6.45, 7) is 6.76. The summed E-state index contributed by atoms with van der Waals surface area (Å²) in [6.07, 6.45) is 2.01. The molecule has 5 nitrogen and oxygen atoms in total. The molecule has 0 bridgehead atoms. The smallest absolute Gasteiger partial charge is 0.266 e. The van der Waals surface area contributed by atoms with Gasteiger partial charge in [0.25, 0.3) is 5.91 Å². The van der Waals surface area contributed by atoms with Gasteiger partial charge in [-0.1, -0.05) is 6.07 Å². The number of hydrogen-bond donors (Lipinski definition) is 1. The number of rotatable bonds is 3. The number of carbonyl (C=O) groups excluding carboxylic acids is 1. The number of likely N-dealkylation sites (tertiary alicyclic amines) is 1. The predicted octanol–water partition coefficient (Wildman–Crippen LogP) is 4.50. The zero-order chi connectivity index (χ0) is 17.6. The van der Waals surface area contributed by atoms with E-state index in [9.17, 15) is 4.79 Å².